The molecule has 128 valence electrons. The number of hydrogen-bond donors (Lipinski definition) is 0. The quantitative estimate of drug-likeness (QED) is 0.813. The minimum absolute atomic E-state index is 0.0462. The van der Waals surface area contributed by atoms with Gasteiger partial charge in [0.05, 0.1) is 19.3 Å². The lowest BCUT2D eigenvalue weighted by molar-refractivity contribution is -0.150. The first-order chi connectivity index (χ1) is 11.1. The summed E-state index contributed by atoms with van der Waals surface area (Å²) in [6, 6.07) is 0. The maximum atomic E-state index is 12.9. The Morgan fingerprint density at radius 2 is 2.22 bits per heavy atom. The molecule has 7 heteroatoms. The molecule has 0 saturated carbocycles. The second-order valence-corrected chi connectivity index (χ2v) is 6.71. The summed E-state index contributed by atoms with van der Waals surface area (Å²) < 4.78 is 13.6. The van der Waals surface area contributed by atoms with Gasteiger partial charge in [-0.05, 0) is 25.7 Å². The van der Waals surface area contributed by atoms with E-state index < -0.39 is 6.10 Å². The molecule has 1 aromatic rings. The van der Waals surface area contributed by atoms with Gasteiger partial charge in [0.2, 0.25) is 0 Å². The summed E-state index contributed by atoms with van der Waals surface area (Å²) in [5.41, 5.74) is 0. The first-order valence-corrected chi connectivity index (χ1v) is 8.47. The van der Waals surface area contributed by atoms with Gasteiger partial charge in [-0.25, -0.2) is 0 Å². The minimum atomic E-state index is -0.422. The van der Waals surface area contributed by atoms with Crippen LogP contribution >= 0.6 is 0 Å². The first-order valence-electron chi connectivity index (χ1n) is 8.47. The number of fused-ring (bicyclic) bond motifs is 1. The highest BCUT2D eigenvalue weighted by Crippen LogP contribution is 2.19. The van der Waals surface area contributed by atoms with Gasteiger partial charge in [0.15, 0.2) is 5.82 Å². The van der Waals surface area contributed by atoms with Crippen molar-refractivity contribution in [3.63, 3.8) is 0 Å². The van der Waals surface area contributed by atoms with Crippen LogP contribution in [0.25, 0.3) is 0 Å². The Kier molecular flexibility index (Phi) is 4.96. The number of rotatable bonds is 5. The molecule has 2 atom stereocenters. The summed E-state index contributed by atoms with van der Waals surface area (Å²) in [6.45, 7) is 9.21. The van der Waals surface area contributed by atoms with E-state index in [1.807, 2.05) is 25.7 Å². The Bertz CT molecular complexity index is 552. The molecule has 1 amide bonds. The van der Waals surface area contributed by atoms with Crippen LogP contribution in [0.15, 0.2) is 0 Å². The molecule has 0 radical (unpaired) electrons. The molecule has 2 aliphatic rings. The number of carbonyl (C=O) groups excluding carboxylic acids is 1. The van der Waals surface area contributed by atoms with Crippen molar-refractivity contribution in [2.75, 3.05) is 19.8 Å². The maximum Gasteiger partial charge on any atom is 0.252 e. The van der Waals surface area contributed by atoms with E-state index in [2.05, 4.69) is 14.8 Å². The van der Waals surface area contributed by atoms with Crippen molar-refractivity contribution in [1.29, 1.82) is 0 Å². The molecule has 1 saturated heterocycles. The van der Waals surface area contributed by atoms with Crippen LogP contribution in [0, 0.1) is 12.8 Å². The zero-order chi connectivity index (χ0) is 16.4. The van der Waals surface area contributed by atoms with Gasteiger partial charge < -0.3 is 18.9 Å². The Hall–Kier alpha value is -1.47. The monoisotopic (exact) mass is 322 g/mol. The molecule has 1 aromatic heterocycles. The van der Waals surface area contributed by atoms with Gasteiger partial charge in [0.25, 0.3) is 5.91 Å². The van der Waals surface area contributed by atoms with Gasteiger partial charge in [-0.3, -0.25) is 4.79 Å². The highest BCUT2D eigenvalue weighted by molar-refractivity contribution is 5.81. The van der Waals surface area contributed by atoms with Gasteiger partial charge in [-0.1, -0.05) is 13.8 Å². The second-order valence-electron chi connectivity index (χ2n) is 6.71. The van der Waals surface area contributed by atoms with Crippen LogP contribution in [0.3, 0.4) is 0 Å². The third-order valence-corrected chi connectivity index (χ3v) is 4.58. The summed E-state index contributed by atoms with van der Waals surface area (Å²) in [6.07, 6.45) is 1.81. The number of nitrogens with zero attached hydrogens (tertiary/aromatic N) is 4. The third-order valence-electron chi connectivity index (χ3n) is 4.58. The van der Waals surface area contributed by atoms with Crippen LogP contribution < -0.4 is 0 Å². The van der Waals surface area contributed by atoms with E-state index in [0.29, 0.717) is 19.7 Å². The van der Waals surface area contributed by atoms with Gasteiger partial charge >= 0.3 is 0 Å². The van der Waals surface area contributed by atoms with E-state index in [-0.39, 0.29) is 17.9 Å². The number of carbonyl (C=O) groups is 1. The van der Waals surface area contributed by atoms with Gasteiger partial charge in [-0.2, -0.15) is 0 Å². The van der Waals surface area contributed by atoms with Gasteiger partial charge in [-0.15, -0.1) is 10.2 Å². The molecule has 3 heterocycles. The molecule has 7 nitrogen and oxygen atoms in total. The molecule has 1 fully saturated rings. The minimum Gasteiger partial charge on any atom is -0.376 e. The highest BCUT2D eigenvalue weighted by atomic mass is 16.5. The van der Waals surface area contributed by atoms with Crippen molar-refractivity contribution in [3.05, 3.63) is 11.6 Å². The summed E-state index contributed by atoms with van der Waals surface area (Å²) in [5.74, 6) is 1.93. The number of aryl methyl sites for hydroxylation is 1. The molecular weight excluding hydrogens is 296 g/mol. The molecule has 0 aliphatic carbocycles. The predicted molar refractivity (Wildman–Crippen MR) is 83.7 cm³/mol. The van der Waals surface area contributed by atoms with Crippen LogP contribution in [-0.4, -0.2) is 57.5 Å². The normalized spacial score (nSPS) is 22.4. The van der Waals surface area contributed by atoms with Crippen LogP contribution in [0.1, 0.15) is 38.3 Å². The zero-order valence-corrected chi connectivity index (χ0v) is 14.2. The lowest BCUT2D eigenvalue weighted by Crippen LogP contribution is -2.47. The van der Waals surface area contributed by atoms with E-state index in [1.165, 1.54) is 0 Å². The molecule has 3 rings (SSSR count). The average Bonchev–Trinajstić information content (AvgIpc) is 3.17. The smallest absolute Gasteiger partial charge is 0.252 e. The SMILES string of the molecule is Cc1nnc2n1CCN(C(=O)C(OCC1CCCO1)C(C)C)C2. The maximum absolute atomic E-state index is 12.9. The van der Waals surface area contributed by atoms with E-state index in [9.17, 15) is 4.79 Å². The van der Waals surface area contributed by atoms with E-state index in [4.69, 9.17) is 9.47 Å². The van der Waals surface area contributed by atoms with Crippen molar-refractivity contribution in [2.45, 2.75) is 58.9 Å². The molecule has 23 heavy (non-hydrogen) atoms. The molecule has 0 bridgehead atoms. The Balaban J connectivity index is 1.61. The second kappa shape index (κ2) is 6.97. The topological polar surface area (TPSA) is 69.5 Å². The molecule has 0 aromatic carbocycles. The summed E-state index contributed by atoms with van der Waals surface area (Å²) >= 11 is 0. The molecule has 2 aliphatic heterocycles. The Morgan fingerprint density at radius 3 is 2.91 bits per heavy atom. The number of hydrogen-bond acceptors (Lipinski definition) is 5. The summed E-state index contributed by atoms with van der Waals surface area (Å²) in [4.78, 5) is 14.7. The van der Waals surface area contributed by atoms with Crippen LogP contribution in [0.2, 0.25) is 0 Å². The van der Waals surface area contributed by atoms with Crippen molar-refractivity contribution in [1.82, 2.24) is 19.7 Å². The third kappa shape index (κ3) is 3.55. The molecular formula is C16H26N4O3. The van der Waals surface area contributed by atoms with Crippen molar-refractivity contribution >= 4 is 5.91 Å². The van der Waals surface area contributed by atoms with Crippen LogP contribution in [0.4, 0.5) is 0 Å². The van der Waals surface area contributed by atoms with Gasteiger partial charge in [0.1, 0.15) is 11.9 Å². The Morgan fingerprint density at radius 1 is 1.39 bits per heavy atom. The summed E-state index contributed by atoms with van der Waals surface area (Å²) in [7, 11) is 0. The summed E-state index contributed by atoms with van der Waals surface area (Å²) in [5, 5.41) is 8.25. The highest BCUT2D eigenvalue weighted by Gasteiger charge is 2.32. The van der Waals surface area contributed by atoms with Crippen LogP contribution in [0.5, 0.6) is 0 Å². The fraction of sp³-hybridized carbons (Fsp3) is 0.812. The predicted octanol–water partition coefficient (Wildman–Crippen LogP) is 1.15. The van der Waals surface area contributed by atoms with Crippen molar-refractivity contribution in [2.24, 2.45) is 5.92 Å². The lowest BCUT2D eigenvalue weighted by Gasteiger charge is -2.32. The fourth-order valence-electron chi connectivity index (χ4n) is 3.21. The number of aromatic nitrogens is 3. The van der Waals surface area contributed by atoms with Crippen molar-refractivity contribution in [3.8, 4) is 0 Å². The van der Waals surface area contributed by atoms with E-state index in [0.717, 1.165) is 37.6 Å². The zero-order valence-electron chi connectivity index (χ0n) is 14.2. The molecule has 0 N–H and O–H groups in total. The first kappa shape index (κ1) is 16.4. The molecule has 2 unspecified atom stereocenters. The van der Waals surface area contributed by atoms with E-state index >= 15 is 0 Å². The number of ether oxygens (including phenoxy) is 2. The van der Waals surface area contributed by atoms with E-state index in [1.54, 1.807) is 0 Å². The largest absolute Gasteiger partial charge is 0.376 e. The average molecular weight is 322 g/mol. The number of amides is 1. The lowest BCUT2D eigenvalue weighted by atomic mass is 10.1. The van der Waals surface area contributed by atoms with Gasteiger partial charge in [0, 0.05) is 19.7 Å². The standard InChI is InChI=1S/C16H26N4O3/c1-11(2)15(23-10-13-5-4-8-22-13)16(21)19-6-7-20-12(3)17-18-14(20)9-19/h11,13,15H,4-10H2,1-3H3. The van der Waals surface area contributed by atoms with Crippen molar-refractivity contribution < 1.29 is 14.3 Å². The molecule has 0 spiro atoms. The van der Waals surface area contributed by atoms with Crippen LogP contribution in [-0.2, 0) is 27.4 Å². The fourth-order valence-corrected chi connectivity index (χ4v) is 3.21. The Labute approximate surface area is 137 Å².